The SMILES string of the molecule is Nc1c(N=Nc2ccc(S(=O)(=O)Nc3ccccn3)cc2)cc(S(=O)(=O)O)c2ccccc12. The molecule has 4 aromatic rings. The third-order valence-corrected chi connectivity index (χ3v) is 6.89. The normalized spacial score (nSPS) is 12.3. The van der Waals surface area contributed by atoms with Gasteiger partial charge < -0.3 is 5.73 Å². The second-order valence-electron chi connectivity index (χ2n) is 6.84. The number of benzene rings is 3. The third kappa shape index (κ3) is 4.82. The molecule has 0 radical (unpaired) electrons. The van der Waals surface area contributed by atoms with Gasteiger partial charge in [-0.2, -0.15) is 13.5 Å². The summed E-state index contributed by atoms with van der Waals surface area (Å²) in [6.45, 7) is 0. The number of anilines is 2. The summed E-state index contributed by atoms with van der Waals surface area (Å²) in [5.74, 6) is 0.183. The standard InChI is InChI=1S/C21H17N5O5S2/c22-21-17-6-2-1-5-16(17)19(33(29,30)31)13-18(21)25-24-14-8-10-15(11-9-14)32(27,28)26-20-7-3-4-12-23-20/h1-13H,22H2,(H,23,26)(H,29,30,31). The molecule has 0 bridgehead atoms. The van der Waals surface area contributed by atoms with E-state index < -0.39 is 20.1 Å². The molecule has 12 heteroatoms. The van der Waals surface area contributed by atoms with Crippen molar-refractivity contribution in [3.05, 3.63) is 79.0 Å². The molecule has 0 unspecified atom stereocenters. The van der Waals surface area contributed by atoms with Crippen LogP contribution in [0.2, 0.25) is 0 Å². The van der Waals surface area contributed by atoms with Crippen molar-refractivity contribution >= 4 is 53.8 Å². The van der Waals surface area contributed by atoms with Gasteiger partial charge in [-0.05, 0) is 42.5 Å². The highest BCUT2D eigenvalue weighted by Crippen LogP contribution is 2.36. The fourth-order valence-corrected chi connectivity index (χ4v) is 4.79. The summed E-state index contributed by atoms with van der Waals surface area (Å²) in [7, 11) is -8.38. The van der Waals surface area contributed by atoms with E-state index in [9.17, 15) is 21.4 Å². The molecule has 1 aromatic heterocycles. The van der Waals surface area contributed by atoms with Crippen LogP contribution in [0.4, 0.5) is 22.9 Å². The van der Waals surface area contributed by atoms with Crippen LogP contribution >= 0.6 is 0 Å². The highest BCUT2D eigenvalue weighted by molar-refractivity contribution is 7.92. The maximum atomic E-state index is 12.5. The van der Waals surface area contributed by atoms with E-state index in [2.05, 4.69) is 19.9 Å². The fourth-order valence-electron chi connectivity index (χ4n) is 3.07. The largest absolute Gasteiger partial charge is 0.396 e. The van der Waals surface area contributed by atoms with Gasteiger partial charge in [0.05, 0.1) is 16.3 Å². The Hall–Kier alpha value is -3.87. The summed E-state index contributed by atoms with van der Waals surface area (Å²) in [4.78, 5) is 3.58. The second-order valence-corrected chi connectivity index (χ2v) is 9.91. The first-order valence-corrected chi connectivity index (χ1v) is 12.3. The number of nitrogens with one attached hydrogen (secondary N) is 1. The Balaban J connectivity index is 1.64. The number of azo groups is 1. The minimum atomic E-state index is -4.54. The van der Waals surface area contributed by atoms with E-state index in [4.69, 9.17) is 5.73 Å². The molecule has 0 atom stereocenters. The van der Waals surface area contributed by atoms with Crippen molar-refractivity contribution in [2.75, 3.05) is 10.5 Å². The maximum Gasteiger partial charge on any atom is 0.295 e. The molecule has 0 saturated carbocycles. The van der Waals surface area contributed by atoms with Gasteiger partial charge in [0.2, 0.25) is 0 Å². The minimum Gasteiger partial charge on any atom is -0.396 e. The van der Waals surface area contributed by atoms with Crippen molar-refractivity contribution in [1.29, 1.82) is 0 Å². The number of aromatic nitrogens is 1. The summed E-state index contributed by atoms with van der Waals surface area (Å²) >= 11 is 0. The molecule has 3 aromatic carbocycles. The second kappa shape index (κ2) is 8.58. The van der Waals surface area contributed by atoms with E-state index in [0.717, 1.165) is 6.07 Å². The van der Waals surface area contributed by atoms with Crippen LogP contribution in [0.3, 0.4) is 0 Å². The molecular formula is C21H17N5O5S2. The third-order valence-electron chi connectivity index (χ3n) is 4.63. The Labute approximate surface area is 189 Å². The Kier molecular flexibility index (Phi) is 5.80. The van der Waals surface area contributed by atoms with Crippen LogP contribution < -0.4 is 10.5 Å². The van der Waals surface area contributed by atoms with Crippen LogP contribution in [0.15, 0.2) is 99.0 Å². The molecule has 0 spiro atoms. The van der Waals surface area contributed by atoms with E-state index in [1.807, 2.05) is 0 Å². The lowest BCUT2D eigenvalue weighted by Gasteiger charge is -2.09. The molecule has 168 valence electrons. The van der Waals surface area contributed by atoms with Crippen LogP contribution in [0.25, 0.3) is 10.8 Å². The van der Waals surface area contributed by atoms with E-state index in [1.54, 1.807) is 30.3 Å². The van der Waals surface area contributed by atoms with Gasteiger partial charge in [-0.3, -0.25) is 9.27 Å². The lowest BCUT2D eigenvalue weighted by atomic mass is 10.1. The molecule has 0 aliphatic carbocycles. The quantitative estimate of drug-likeness (QED) is 0.209. The van der Waals surface area contributed by atoms with E-state index in [-0.39, 0.29) is 32.4 Å². The van der Waals surface area contributed by atoms with Crippen molar-refractivity contribution < 1.29 is 21.4 Å². The smallest absolute Gasteiger partial charge is 0.295 e. The molecule has 4 N–H and O–H groups in total. The predicted octanol–water partition coefficient (Wildman–Crippen LogP) is 4.28. The number of nitrogen functional groups attached to an aromatic ring is 1. The molecule has 4 rings (SSSR count). The molecule has 0 fully saturated rings. The van der Waals surface area contributed by atoms with Crippen LogP contribution in [0, 0.1) is 0 Å². The molecular weight excluding hydrogens is 466 g/mol. The van der Waals surface area contributed by atoms with E-state index >= 15 is 0 Å². The number of nitrogens with two attached hydrogens (primary N) is 1. The summed E-state index contributed by atoms with van der Waals surface area (Å²) < 4.78 is 60.6. The van der Waals surface area contributed by atoms with Crippen LogP contribution in [-0.4, -0.2) is 26.4 Å². The number of sulfonamides is 1. The average Bonchev–Trinajstić information content (AvgIpc) is 2.78. The van der Waals surface area contributed by atoms with Gasteiger partial charge in [0.1, 0.15) is 16.4 Å². The zero-order chi connectivity index (χ0) is 23.6. The molecule has 33 heavy (non-hydrogen) atoms. The number of rotatable bonds is 6. The molecule has 10 nitrogen and oxygen atoms in total. The number of nitrogens with zero attached hydrogens (tertiary/aromatic N) is 3. The van der Waals surface area contributed by atoms with Gasteiger partial charge in [-0.1, -0.05) is 30.3 Å². The monoisotopic (exact) mass is 483 g/mol. The van der Waals surface area contributed by atoms with Crippen LogP contribution in [-0.2, 0) is 20.1 Å². The van der Waals surface area contributed by atoms with Gasteiger partial charge >= 0.3 is 0 Å². The average molecular weight is 484 g/mol. The predicted molar refractivity (Wildman–Crippen MR) is 124 cm³/mol. The first-order valence-electron chi connectivity index (χ1n) is 9.39. The molecule has 0 amide bonds. The first-order chi connectivity index (χ1) is 15.6. The number of hydrogen-bond acceptors (Lipinski definition) is 8. The highest BCUT2D eigenvalue weighted by atomic mass is 32.2. The molecule has 0 aliphatic heterocycles. The van der Waals surface area contributed by atoms with E-state index in [1.165, 1.54) is 42.6 Å². The number of fused-ring (bicyclic) bond motifs is 1. The van der Waals surface area contributed by atoms with Crippen LogP contribution in [0.1, 0.15) is 0 Å². The van der Waals surface area contributed by atoms with Crippen molar-refractivity contribution in [1.82, 2.24) is 4.98 Å². The first kappa shape index (κ1) is 22.3. The topological polar surface area (TPSA) is 164 Å². The van der Waals surface area contributed by atoms with Gasteiger partial charge in [0.25, 0.3) is 20.1 Å². The Bertz CT molecular complexity index is 1570. The van der Waals surface area contributed by atoms with E-state index in [0.29, 0.717) is 11.1 Å². The van der Waals surface area contributed by atoms with Crippen molar-refractivity contribution in [2.45, 2.75) is 9.79 Å². The lowest BCUT2D eigenvalue weighted by molar-refractivity contribution is 0.484. The van der Waals surface area contributed by atoms with Gasteiger partial charge in [-0.15, -0.1) is 5.11 Å². The maximum absolute atomic E-state index is 12.5. The molecule has 0 saturated heterocycles. The summed E-state index contributed by atoms with van der Waals surface area (Å²) in [5.41, 5.74) is 6.64. The summed E-state index contributed by atoms with van der Waals surface area (Å²) in [6.07, 6.45) is 1.47. The Morgan fingerprint density at radius 2 is 1.52 bits per heavy atom. The van der Waals surface area contributed by atoms with Crippen LogP contribution in [0.5, 0.6) is 0 Å². The molecule has 1 heterocycles. The van der Waals surface area contributed by atoms with Gasteiger partial charge in [-0.25, -0.2) is 13.4 Å². The van der Waals surface area contributed by atoms with Crippen molar-refractivity contribution in [2.24, 2.45) is 10.2 Å². The summed E-state index contributed by atoms with van der Waals surface area (Å²) in [6, 6.07) is 17.9. The number of pyridine rings is 1. The van der Waals surface area contributed by atoms with Gasteiger partial charge in [0, 0.05) is 17.0 Å². The Morgan fingerprint density at radius 1 is 0.848 bits per heavy atom. The zero-order valence-electron chi connectivity index (χ0n) is 16.8. The minimum absolute atomic E-state index is 0.00835. The van der Waals surface area contributed by atoms with Crippen molar-refractivity contribution in [3.8, 4) is 0 Å². The number of hydrogen-bond donors (Lipinski definition) is 3. The highest BCUT2D eigenvalue weighted by Gasteiger charge is 2.18. The zero-order valence-corrected chi connectivity index (χ0v) is 18.5. The summed E-state index contributed by atoms with van der Waals surface area (Å²) in [5, 5.41) is 8.67. The lowest BCUT2D eigenvalue weighted by Crippen LogP contribution is -2.13. The van der Waals surface area contributed by atoms with Crippen molar-refractivity contribution in [3.63, 3.8) is 0 Å². The fraction of sp³-hybridized carbons (Fsp3) is 0. The van der Waals surface area contributed by atoms with Gasteiger partial charge in [0.15, 0.2) is 0 Å². The Morgan fingerprint density at radius 3 is 2.15 bits per heavy atom. The molecule has 0 aliphatic rings.